The van der Waals surface area contributed by atoms with E-state index in [1.54, 1.807) is 6.33 Å². The van der Waals surface area contributed by atoms with Gasteiger partial charge < -0.3 is 9.64 Å². The minimum atomic E-state index is 0.0429. The lowest BCUT2D eigenvalue weighted by Crippen LogP contribution is -2.44. The Morgan fingerprint density at radius 3 is 2.47 bits per heavy atom. The van der Waals surface area contributed by atoms with Crippen LogP contribution in [0.2, 0.25) is 0 Å². The zero-order chi connectivity index (χ0) is 20.8. The fourth-order valence-corrected chi connectivity index (χ4v) is 5.03. The third kappa shape index (κ3) is 5.07. The highest BCUT2D eigenvalue weighted by atomic mass is 16.5. The molecular weight excluding hydrogens is 374 g/mol. The second-order valence-electron chi connectivity index (χ2n) is 8.67. The molecule has 0 spiro atoms. The van der Waals surface area contributed by atoms with Gasteiger partial charge in [-0.05, 0) is 49.7 Å². The van der Waals surface area contributed by atoms with Gasteiger partial charge in [0.2, 0.25) is 5.91 Å². The van der Waals surface area contributed by atoms with E-state index < -0.39 is 0 Å². The molecule has 5 heteroatoms. The average molecular weight is 408 g/mol. The summed E-state index contributed by atoms with van der Waals surface area (Å²) < 4.78 is 6.10. The van der Waals surface area contributed by atoms with Crippen LogP contribution in [0.4, 0.5) is 0 Å². The van der Waals surface area contributed by atoms with Crippen molar-refractivity contribution < 1.29 is 9.53 Å². The van der Waals surface area contributed by atoms with Gasteiger partial charge in [0, 0.05) is 43.6 Å². The molecule has 1 aromatic heterocycles. The molecule has 1 aromatic carbocycles. The summed E-state index contributed by atoms with van der Waals surface area (Å²) in [4.78, 5) is 23.4. The molecular formula is C25H33N3O2. The predicted molar refractivity (Wildman–Crippen MR) is 118 cm³/mol. The molecule has 0 unspecified atom stereocenters. The highest BCUT2D eigenvalue weighted by molar-refractivity contribution is 5.76. The summed E-state index contributed by atoms with van der Waals surface area (Å²) >= 11 is 0. The van der Waals surface area contributed by atoms with Crippen LogP contribution in [-0.2, 0) is 9.53 Å². The first kappa shape index (κ1) is 21.0. The van der Waals surface area contributed by atoms with E-state index in [1.165, 1.54) is 37.7 Å². The topological polar surface area (TPSA) is 55.3 Å². The van der Waals surface area contributed by atoms with E-state index in [1.807, 2.05) is 12.4 Å². The lowest BCUT2D eigenvalue weighted by Gasteiger charge is -2.38. The first-order valence-electron chi connectivity index (χ1n) is 11.5. The van der Waals surface area contributed by atoms with Gasteiger partial charge in [0.25, 0.3) is 0 Å². The molecule has 0 radical (unpaired) electrons. The lowest BCUT2D eigenvalue weighted by molar-refractivity contribution is -0.138. The Morgan fingerprint density at radius 2 is 1.77 bits per heavy atom. The van der Waals surface area contributed by atoms with Crippen LogP contribution in [0.1, 0.15) is 70.0 Å². The normalized spacial score (nSPS) is 22.6. The zero-order valence-corrected chi connectivity index (χ0v) is 18.0. The SMILES string of the molecule is CCN(C(=O)CC1CCCCC1)[C@H]1CCO[C@@H](c2ccc(-c3cncnc3)cc2)C1. The van der Waals surface area contributed by atoms with Gasteiger partial charge in [-0.3, -0.25) is 4.79 Å². The maximum atomic E-state index is 13.1. The van der Waals surface area contributed by atoms with Crippen molar-refractivity contribution >= 4 is 5.91 Å². The predicted octanol–water partition coefficient (Wildman–Crippen LogP) is 5.18. The molecule has 4 rings (SSSR count). The fourth-order valence-electron chi connectivity index (χ4n) is 5.03. The Kier molecular flexibility index (Phi) is 7.11. The molecule has 1 amide bonds. The minimum Gasteiger partial charge on any atom is -0.373 e. The summed E-state index contributed by atoms with van der Waals surface area (Å²) in [6, 6.07) is 8.75. The second-order valence-corrected chi connectivity index (χ2v) is 8.67. The summed E-state index contributed by atoms with van der Waals surface area (Å²) in [7, 11) is 0. The van der Waals surface area contributed by atoms with Gasteiger partial charge >= 0.3 is 0 Å². The van der Waals surface area contributed by atoms with Crippen LogP contribution < -0.4 is 0 Å². The van der Waals surface area contributed by atoms with Crippen molar-refractivity contribution in [3.05, 3.63) is 48.5 Å². The van der Waals surface area contributed by atoms with Crippen LogP contribution in [0, 0.1) is 5.92 Å². The Bertz CT molecular complexity index is 803. The molecule has 2 aliphatic rings. The van der Waals surface area contributed by atoms with Crippen molar-refractivity contribution in [3.8, 4) is 11.1 Å². The van der Waals surface area contributed by atoms with Crippen molar-refractivity contribution in [3.63, 3.8) is 0 Å². The number of carbonyl (C=O) groups excluding carboxylic acids is 1. The molecule has 2 fully saturated rings. The van der Waals surface area contributed by atoms with E-state index in [0.29, 0.717) is 18.4 Å². The van der Waals surface area contributed by atoms with Gasteiger partial charge in [-0.15, -0.1) is 0 Å². The Hall–Kier alpha value is -2.27. The molecule has 2 atom stereocenters. The van der Waals surface area contributed by atoms with Crippen LogP contribution in [0.25, 0.3) is 11.1 Å². The molecule has 2 aromatic rings. The van der Waals surface area contributed by atoms with Crippen LogP contribution >= 0.6 is 0 Å². The van der Waals surface area contributed by atoms with Crippen molar-refractivity contribution in [2.45, 2.75) is 70.4 Å². The molecule has 1 aliphatic carbocycles. The second kappa shape index (κ2) is 10.2. The maximum absolute atomic E-state index is 13.1. The van der Waals surface area contributed by atoms with E-state index in [0.717, 1.165) is 36.9 Å². The van der Waals surface area contributed by atoms with E-state index in [4.69, 9.17) is 4.74 Å². The summed E-state index contributed by atoms with van der Waals surface area (Å²) in [6.45, 7) is 3.60. The third-order valence-electron chi connectivity index (χ3n) is 6.72. The molecule has 0 bridgehead atoms. The molecule has 30 heavy (non-hydrogen) atoms. The number of carbonyl (C=O) groups is 1. The number of hydrogen-bond donors (Lipinski definition) is 0. The average Bonchev–Trinajstić information content (AvgIpc) is 2.81. The number of ether oxygens (including phenoxy) is 1. The monoisotopic (exact) mass is 407 g/mol. The standard InChI is InChI=1S/C25H33N3O2/c1-2-28(25(29)14-19-6-4-3-5-7-19)23-12-13-30-24(15-23)21-10-8-20(9-11-21)22-16-26-18-27-17-22/h8-11,16-19,23-24H,2-7,12-15H2,1H3/t23-,24+/m0/s1. The molecule has 5 nitrogen and oxygen atoms in total. The molecule has 1 aliphatic heterocycles. The van der Waals surface area contributed by atoms with Crippen LogP contribution in [0.3, 0.4) is 0 Å². The Morgan fingerprint density at radius 1 is 1.03 bits per heavy atom. The van der Waals surface area contributed by atoms with Crippen molar-refractivity contribution in [2.75, 3.05) is 13.2 Å². The number of hydrogen-bond acceptors (Lipinski definition) is 4. The highest BCUT2D eigenvalue weighted by Gasteiger charge is 2.31. The Labute approximate surface area is 179 Å². The van der Waals surface area contributed by atoms with Crippen LogP contribution in [-0.4, -0.2) is 40.0 Å². The lowest BCUT2D eigenvalue weighted by atomic mass is 9.86. The van der Waals surface area contributed by atoms with Gasteiger partial charge in [0.05, 0.1) is 6.10 Å². The number of nitrogens with zero attached hydrogens (tertiary/aromatic N) is 3. The molecule has 1 saturated heterocycles. The van der Waals surface area contributed by atoms with Crippen LogP contribution in [0.5, 0.6) is 0 Å². The number of benzene rings is 1. The number of amides is 1. The van der Waals surface area contributed by atoms with Gasteiger partial charge in [-0.1, -0.05) is 43.5 Å². The number of aromatic nitrogens is 2. The summed E-state index contributed by atoms with van der Waals surface area (Å²) in [5.41, 5.74) is 3.29. The molecule has 160 valence electrons. The summed E-state index contributed by atoms with van der Waals surface area (Å²) in [5.74, 6) is 0.930. The maximum Gasteiger partial charge on any atom is 0.223 e. The van der Waals surface area contributed by atoms with Crippen molar-refractivity contribution in [2.24, 2.45) is 5.92 Å². The van der Waals surface area contributed by atoms with E-state index in [2.05, 4.69) is 46.1 Å². The van der Waals surface area contributed by atoms with E-state index in [9.17, 15) is 4.79 Å². The summed E-state index contributed by atoms with van der Waals surface area (Å²) in [6.07, 6.45) is 14.1. The fraction of sp³-hybridized carbons (Fsp3) is 0.560. The van der Waals surface area contributed by atoms with E-state index in [-0.39, 0.29) is 12.1 Å². The summed E-state index contributed by atoms with van der Waals surface area (Å²) in [5, 5.41) is 0. The molecule has 2 heterocycles. The van der Waals surface area contributed by atoms with E-state index >= 15 is 0 Å². The van der Waals surface area contributed by atoms with Gasteiger partial charge in [-0.2, -0.15) is 0 Å². The quantitative estimate of drug-likeness (QED) is 0.662. The third-order valence-corrected chi connectivity index (χ3v) is 6.72. The molecule has 0 N–H and O–H groups in total. The van der Waals surface area contributed by atoms with Crippen molar-refractivity contribution in [1.82, 2.24) is 14.9 Å². The van der Waals surface area contributed by atoms with Crippen molar-refractivity contribution in [1.29, 1.82) is 0 Å². The van der Waals surface area contributed by atoms with Gasteiger partial charge in [0.1, 0.15) is 6.33 Å². The first-order chi connectivity index (χ1) is 14.7. The van der Waals surface area contributed by atoms with Gasteiger partial charge in [0.15, 0.2) is 0 Å². The van der Waals surface area contributed by atoms with Crippen LogP contribution in [0.15, 0.2) is 43.0 Å². The number of rotatable bonds is 6. The minimum absolute atomic E-state index is 0.0429. The zero-order valence-electron chi connectivity index (χ0n) is 18.0. The Balaban J connectivity index is 1.39. The first-order valence-corrected chi connectivity index (χ1v) is 11.5. The largest absolute Gasteiger partial charge is 0.373 e. The smallest absolute Gasteiger partial charge is 0.223 e. The highest BCUT2D eigenvalue weighted by Crippen LogP contribution is 2.33. The van der Waals surface area contributed by atoms with Gasteiger partial charge in [-0.25, -0.2) is 9.97 Å². The molecule has 1 saturated carbocycles.